The van der Waals surface area contributed by atoms with Crippen molar-refractivity contribution in [3.05, 3.63) is 65.6 Å². The Morgan fingerprint density at radius 1 is 1.12 bits per heavy atom. The highest BCUT2D eigenvalue weighted by molar-refractivity contribution is 7.89. The lowest BCUT2D eigenvalue weighted by molar-refractivity contribution is 0.597. The van der Waals surface area contributed by atoms with Crippen LogP contribution in [0.15, 0.2) is 53.6 Å². The molecule has 0 bridgehead atoms. The van der Waals surface area contributed by atoms with Gasteiger partial charge in [-0.1, -0.05) is 18.2 Å². The van der Waals surface area contributed by atoms with E-state index >= 15 is 0 Å². The average molecular weight is 357 g/mol. The molecule has 0 saturated heterocycles. The first-order chi connectivity index (χ1) is 11.9. The smallest absolute Gasteiger partial charge is 0.239 e. The Hall–Kier alpha value is -2.71. The van der Waals surface area contributed by atoms with Gasteiger partial charge in [0.05, 0.1) is 11.4 Å². The first-order valence-corrected chi connectivity index (χ1v) is 9.24. The van der Waals surface area contributed by atoms with Crippen molar-refractivity contribution in [1.29, 1.82) is 0 Å². The Balaban J connectivity index is 1.79. The summed E-state index contributed by atoms with van der Waals surface area (Å²) in [6.07, 6.45) is 1.24. The van der Waals surface area contributed by atoms with Crippen LogP contribution in [-0.4, -0.2) is 23.2 Å². The Bertz CT molecular complexity index is 980. The normalized spacial score (nSPS) is 11.5. The number of aryl methyl sites for hydroxylation is 1. The van der Waals surface area contributed by atoms with Crippen molar-refractivity contribution in [2.75, 3.05) is 5.32 Å². The number of hydrogen-bond donors (Lipinski definition) is 2. The molecule has 0 saturated carbocycles. The van der Waals surface area contributed by atoms with E-state index in [1.165, 1.54) is 12.3 Å². The van der Waals surface area contributed by atoms with Gasteiger partial charge in [-0.15, -0.1) is 0 Å². The molecule has 0 amide bonds. The molecule has 2 aromatic heterocycles. The highest BCUT2D eigenvalue weighted by Gasteiger charge is 2.13. The first-order valence-electron chi connectivity index (χ1n) is 7.69. The molecule has 0 fully saturated rings. The van der Waals surface area contributed by atoms with E-state index < -0.39 is 10.0 Å². The number of nitrogens with zero attached hydrogens (tertiary/aromatic N) is 3. The third kappa shape index (κ3) is 3.70. The topological polar surface area (TPSA) is 103 Å². The van der Waals surface area contributed by atoms with Crippen molar-refractivity contribution in [3.8, 4) is 5.69 Å². The molecule has 0 aliphatic rings. The summed E-state index contributed by atoms with van der Waals surface area (Å²) in [5.41, 5.74) is 4.04. The van der Waals surface area contributed by atoms with Crippen LogP contribution in [0.1, 0.15) is 17.0 Å². The Morgan fingerprint density at radius 3 is 2.44 bits per heavy atom. The fourth-order valence-corrected chi connectivity index (χ4v) is 3.04. The number of nitrogens with one attached hydrogen (secondary N) is 1. The molecule has 3 rings (SSSR count). The second kappa shape index (κ2) is 6.66. The summed E-state index contributed by atoms with van der Waals surface area (Å²) in [5.74, 6) is 0.568. The lowest BCUT2D eigenvalue weighted by atomic mass is 10.2. The van der Waals surface area contributed by atoms with E-state index in [1.54, 1.807) is 6.07 Å². The third-order valence-electron chi connectivity index (χ3n) is 3.95. The molecular weight excluding hydrogens is 338 g/mol. The van der Waals surface area contributed by atoms with Crippen molar-refractivity contribution in [2.24, 2.45) is 5.14 Å². The second-order valence-electron chi connectivity index (χ2n) is 5.67. The molecule has 130 valence electrons. The largest absolute Gasteiger partial charge is 0.366 e. The Kier molecular flexibility index (Phi) is 4.56. The van der Waals surface area contributed by atoms with Gasteiger partial charge in [0.25, 0.3) is 0 Å². The van der Waals surface area contributed by atoms with Gasteiger partial charge in [-0.05, 0) is 38.1 Å². The number of para-hydroxylation sites is 1. The van der Waals surface area contributed by atoms with Crippen molar-refractivity contribution >= 4 is 15.8 Å². The molecule has 1 aromatic carbocycles. The van der Waals surface area contributed by atoms with Gasteiger partial charge >= 0.3 is 0 Å². The highest BCUT2D eigenvalue weighted by Crippen LogP contribution is 2.19. The van der Waals surface area contributed by atoms with Gasteiger partial charge in [0, 0.05) is 24.0 Å². The van der Waals surface area contributed by atoms with Crippen molar-refractivity contribution in [3.63, 3.8) is 0 Å². The van der Waals surface area contributed by atoms with E-state index in [-0.39, 0.29) is 4.90 Å². The SMILES string of the molecule is Cc1nn(-c2ccccc2)c(C)c1CNc1ccc(S(N)(=O)=O)cn1. The standard InChI is InChI=1S/C17H19N5O2S/c1-12-16(13(2)22(21-12)14-6-4-3-5-7-14)11-20-17-9-8-15(10-19-17)25(18,23)24/h3-10H,11H2,1-2H3,(H,19,20)(H2,18,23,24). The van der Waals surface area contributed by atoms with Crippen LogP contribution in [0.25, 0.3) is 5.69 Å². The summed E-state index contributed by atoms with van der Waals surface area (Å²) in [6.45, 7) is 4.51. The minimum absolute atomic E-state index is 0.0118. The summed E-state index contributed by atoms with van der Waals surface area (Å²) in [4.78, 5) is 4.08. The molecule has 3 N–H and O–H groups in total. The van der Waals surface area contributed by atoms with Gasteiger partial charge < -0.3 is 5.32 Å². The molecule has 0 spiro atoms. The molecule has 3 aromatic rings. The molecule has 25 heavy (non-hydrogen) atoms. The summed E-state index contributed by atoms with van der Waals surface area (Å²) >= 11 is 0. The fourth-order valence-electron chi connectivity index (χ4n) is 2.58. The van der Waals surface area contributed by atoms with E-state index in [0.29, 0.717) is 12.4 Å². The van der Waals surface area contributed by atoms with Gasteiger partial charge in [0.2, 0.25) is 10.0 Å². The zero-order valence-electron chi connectivity index (χ0n) is 14.0. The van der Waals surface area contributed by atoms with Crippen LogP contribution in [0, 0.1) is 13.8 Å². The summed E-state index contributed by atoms with van der Waals surface area (Å²) in [7, 11) is -3.73. The van der Waals surface area contributed by atoms with E-state index in [2.05, 4.69) is 15.4 Å². The maximum Gasteiger partial charge on any atom is 0.239 e. The van der Waals surface area contributed by atoms with Gasteiger partial charge in [-0.2, -0.15) is 5.10 Å². The quantitative estimate of drug-likeness (QED) is 0.728. The summed E-state index contributed by atoms with van der Waals surface area (Å²) < 4.78 is 24.4. The number of anilines is 1. The van der Waals surface area contributed by atoms with E-state index in [1.807, 2.05) is 48.9 Å². The van der Waals surface area contributed by atoms with Crippen LogP contribution in [-0.2, 0) is 16.6 Å². The average Bonchev–Trinajstić information content (AvgIpc) is 2.88. The third-order valence-corrected chi connectivity index (χ3v) is 4.85. The van der Waals surface area contributed by atoms with Gasteiger partial charge in [0.15, 0.2) is 0 Å². The molecular formula is C17H19N5O2S. The van der Waals surface area contributed by atoms with Crippen molar-refractivity contribution in [2.45, 2.75) is 25.3 Å². The minimum Gasteiger partial charge on any atom is -0.366 e. The number of hydrogen-bond acceptors (Lipinski definition) is 5. The van der Waals surface area contributed by atoms with Crippen LogP contribution in [0.4, 0.5) is 5.82 Å². The molecule has 8 heteroatoms. The summed E-state index contributed by atoms with van der Waals surface area (Å²) in [6, 6.07) is 12.9. The predicted molar refractivity (Wildman–Crippen MR) is 96.0 cm³/mol. The number of pyridine rings is 1. The number of primary sulfonamides is 1. The molecule has 0 radical (unpaired) electrons. The minimum atomic E-state index is -3.73. The molecule has 0 atom stereocenters. The Morgan fingerprint density at radius 2 is 1.84 bits per heavy atom. The van der Waals surface area contributed by atoms with Gasteiger partial charge in [0.1, 0.15) is 10.7 Å². The maximum atomic E-state index is 11.3. The fraction of sp³-hybridized carbons (Fsp3) is 0.176. The van der Waals surface area contributed by atoms with Crippen LogP contribution in [0.5, 0.6) is 0 Å². The zero-order chi connectivity index (χ0) is 18.0. The number of benzene rings is 1. The Labute approximate surface area is 146 Å². The molecule has 0 aliphatic carbocycles. The van der Waals surface area contributed by atoms with Gasteiger partial charge in [-0.3, -0.25) is 0 Å². The van der Waals surface area contributed by atoms with E-state index in [4.69, 9.17) is 5.14 Å². The van der Waals surface area contributed by atoms with Crippen LogP contribution >= 0.6 is 0 Å². The number of rotatable bonds is 5. The zero-order valence-corrected chi connectivity index (χ0v) is 14.8. The second-order valence-corrected chi connectivity index (χ2v) is 7.24. The molecule has 0 unspecified atom stereocenters. The van der Waals surface area contributed by atoms with Crippen LogP contribution in [0.3, 0.4) is 0 Å². The van der Waals surface area contributed by atoms with E-state index in [9.17, 15) is 8.42 Å². The molecule has 7 nitrogen and oxygen atoms in total. The summed E-state index contributed by atoms with van der Waals surface area (Å²) in [5, 5.41) is 12.9. The van der Waals surface area contributed by atoms with Crippen molar-refractivity contribution < 1.29 is 8.42 Å². The number of nitrogens with two attached hydrogens (primary N) is 1. The lowest BCUT2D eigenvalue weighted by Gasteiger charge is -2.08. The van der Waals surface area contributed by atoms with Crippen molar-refractivity contribution in [1.82, 2.24) is 14.8 Å². The monoisotopic (exact) mass is 357 g/mol. The van der Waals surface area contributed by atoms with E-state index in [0.717, 1.165) is 22.6 Å². The molecule has 0 aliphatic heterocycles. The molecule has 2 heterocycles. The first kappa shape index (κ1) is 17.1. The van der Waals surface area contributed by atoms with Crippen LogP contribution in [0.2, 0.25) is 0 Å². The highest BCUT2D eigenvalue weighted by atomic mass is 32.2. The lowest BCUT2D eigenvalue weighted by Crippen LogP contribution is -2.12. The maximum absolute atomic E-state index is 11.3. The number of sulfonamides is 1. The van der Waals surface area contributed by atoms with Gasteiger partial charge in [-0.25, -0.2) is 23.2 Å². The predicted octanol–water partition coefficient (Wildman–Crippen LogP) is 2.14. The number of aromatic nitrogens is 3. The van der Waals surface area contributed by atoms with Crippen LogP contribution < -0.4 is 10.5 Å².